The summed E-state index contributed by atoms with van der Waals surface area (Å²) >= 11 is 4.88. The first-order valence-electron chi connectivity index (χ1n) is 3.56. The smallest absolute Gasteiger partial charge is 0.0800 e. The highest BCUT2D eigenvalue weighted by molar-refractivity contribution is 7.80. The molecule has 0 aliphatic heterocycles. The van der Waals surface area contributed by atoms with Gasteiger partial charge < -0.3 is 5.73 Å². The zero-order valence-corrected chi connectivity index (χ0v) is 7.27. The van der Waals surface area contributed by atoms with Crippen LogP contribution in [0.25, 0.3) is 0 Å². The van der Waals surface area contributed by atoms with Gasteiger partial charge in [-0.1, -0.05) is 49.5 Å². The summed E-state index contributed by atoms with van der Waals surface area (Å²) < 4.78 is 0. The minimum atomic E-state index is 0.186. The lowest BCUT2D eigenvalue weighted by Gasteiger charge is -2.08. The molecule has 0 aliphatic carbocycles. The van der Waals surface area contributed by atoms with E-state index in [0.29, 0.717) is 4.99 Å². The van der Waals surface area contributed by atoms with Gasteiger partial charge in [-0.15, -0.1) is 0 Å². The molecule has 1 atom stereocenters. The van der Waals surface area contributed by atoms with Crippen LogP contribution >= 0.6 is 12.2 Å². The fourth-order valence-electron chi connectivity index (χ4n) is 0.906. The Balaban J connectivity index is 2.85. The molecule has 0 amide bonds. The summed E-state index contributed by atoms with van der Waals surface area (Å²) in [5, 5.41) is 0. The van der Waals surface area contributed by atoms with Crippen LogP contribution in [0.1, 0.15) is 18.4 Å². The topological polar surface area (TPSA) is 26.0 Å². The molecule has 1 unspecified atom stereocenters. The molecule has 0 heterocycles. The van der Waals surface area contributed by atoms with Gasteiger partial charge in [-0.25, -0.2) is 0 Å². The van der Waals surface area contributed by atoms with Gasteiger partial charge in [-0.05, 0) is 5.56 Å². The van der Waals surface area contributed by atoms with Crippen LogP contribution in [-0.4, -0.2) is 4.99 Å². The number of benzene rings is 1. The Bertz CT molecular complexity index is 243. The van der Waals surface area contributed by atoms with Gasteiger partial charge >= 0.3 is 0 Å². The minimum Gasteiger partial charge on any atom is -0.393 e. The minimum absolute atomic E-state index is 0.186. The third kappa shape index (κ3) is 2.02. The van der Waals surface area contributed by atoms with E-state index < -0.39 is 0 Å². The van der Waals surface area contributed by atoms with Crippen LogP contribution in [0.2, 0.25) is 0 Å². The Morgan fingerprint density at radius 1 is 1.36 bits per heavy atom. The normalized spacial score (nSPS) is 12.5. The van der Waals surface area contributed by atoms with E-state index in [0.717, 1.165) is 0 Å². The monoisotopic (exact) mass is 165 g/mol. The Morgan fingerprint density at radius 3 is 2.36 bits per heavy atom. The van der Waals surface area contributed by atoms with Crippen molar-refractivity contribution < 1.29 is 0 Å². The van der Waals surface area contributed by atoms with Crippen LogP contribution in [0.3, 0.4) is 0 Å². The van der Waals surface area contributed by atoms with E-state index in [1.165, 1.54) is 5.56 Å². The highest BCUT2D eigenvalue weighted by Crippen LogP contribution is 2.13. The molecule has 0 saturated carbocycles. The largest absolute Gasteiger partial charge is 0.393 e. The predicted octanol–water partition coefficient (Wildman–Crippen LogP) is 2.08. The van der Waals surface area contributed by atoms with Crippen LogP contribution in [0.15, 0.2) is 30.3 Å². The van der Waals surface area contributed by atoms with Crippen LogP contribution in [0.4, 0.5) is 0 Å². The maximum absolute atomic E-state index is 5.50. The summed E-state index contributed by atoms with van der Waals surface area (Å²) in [5.41, 5.74) is 6.68. The van der Waals surface area contributed by atoms with Crippen molar-refractivity contribution in [1.29, 1.82) is 0 Å². The van der Waals surface area contributed by atoms with Crippen molar-refractivity contribution in [3.63, 3.8) is 0 Å². The van der Waals surface area contributed by atoms with E-state index >= 15 is 0 Å². The lowest BCUT2D eigenvalue weighted by atomic mass is 10.0. The van der Waals surface area contributed by atoms with Crippen molar-refractivity contribution in [2.24, 2.45) is 5.73 Å². The van der Waals surface area contributed by atoms with Crippen LogP contribution < -0.4 is 5.73 Å². The van der Waals surface area contributed by atoms with E-state index in [9.17, 15) is 0 Å². The van der Waals surface area contributed by atoms with E-state index in [1.54, 1.807) is 0 Å². The van der Waals surface area contributed by atoms with Gasteiger partial charge in [0.05, 0.1) is 4.99 Å². The van der Waals surface area contributed by atoms with Crippen molar-refractivity contribution in [1.82, 2.24) is 0 Å². The molecule has 0 aliphatic rings. The van der Waals surface area contributed by atoms with E-state index in [-0.39, 0.29) is 5.92 Å². The maximum Gasteiger partial charge on any atom is 0.0800 e. The number of hydrogen-bond acceptors (Lipinski definition) is 1. The van der Waals surface area contributed by atoms with Crippen molar-refractivity contribution in [3.05, 3.63) is 35.9 Å². The van der Waals surface area contributed by atoms with Gasteiger partial charge in [0.1, 0.15) is 0 Å². The summed E-state index contributed by atoms with van der Waals surface area (Å²) in [6.45, 7) is 2.01. The maximum atomic E-state index is 5.50. The summed E-state index contributed by atoms with van der Waals surface area (Å²) in [5.74, 6) is 0.186. The van der Waals surface area contributed by atoms with Gasteiger partial charge in [-0.2, -0.15) is 0 Å². The molecule has 0 bridgehead atoms. The van der Waals surface area contributed by atoms with Crippen molar-refractivity contribution >= 4 is 17.2 Å². The van der Waals surface area contributed by atoms with E-state index in [4.69, 9.17) is 18.0 Å². The predicted molar refractivity (Wildman–Crippen MR) is 51.6 cm³/mol. The molecule has 0 radical (unpaired) electrons. The van der Waals surface area contributed by atoms with Gasteiger partial charge in [0.15, 0.2) is 0 Å². The summed E-state index contributed by atoms with van der Waals surface area (Å²) in [4.78, 5) is 0.552. The molecular weight excluding hydrogens is 154 g/mol. The van der Waals surface area contributed by atoms with E-state index in [1.807, 2.05) is 37.3 Å². The SMILES string of the molecule is CC(C(N)=S)c1ccccc1. The first kappa shape index (κ1) is 8.21. The Kier molecular flexibility index (Phi) is 2.60. The highest BCUT2D eigenvalue weighted by Gasteiger charge is 2.05. The molecule has 1 nitrogen and oxygen atoms in total. The second-order valence-corrected chi connectivity index (χ2v) is 3.01. The molecule has 0 aromatic heterocycles. The van der Waals surface area contributed by atoms with Gasteiger partial charge in [-0.3, -0.25) is 0 Å². The molecule has 58 valence electrons. The molecule has 0 saturated heterocycles. The molecular formula is C9H11NS. The number of hydrogen-bond donors (Lipinski definition) is 1. The van der Waals surface area contributed by atoms with Crippen LogP contribution in [0.5, 0.6) is 0 Å². The lowest BCUT2D eigenvalue weighted by Crippen LogP contribution is -2.16. The summed E-state index contributed by atoms with van der Waals surface area (Å²) in [6, 6.07) is 10.0. The third-order valence-electron chi connectivity index (χ3n) is 1.73. The van der Waals surface area contributed by atoms with Crippen molar-refractivity contribution in [2.45, 2.75) is 12.8 Å². The van der Waals surface area contributed by atoms with Gasteiger partial charge in [0.25, 0.3) is 0 Å². The molecule has 0 fully saturated rings. The zero-order valence-electron chi connectivity index (χ0n) is 6.45. The van der Waals surface area contributed by atoms with Gasteiger partial charge in [0.2, 0.25) is 0 Å². The zero-order chi connectivity index (χ0) is 8.27. The molecule has 2 heteroatoms. The lowest BCUT2D eigenvalue weighted by molar-refractivity contribution is 1.03. The molecule has 1 aromatic rings. The molecule has 11 heavy (non-hydrogen) atoms. The second kappa shape index (κ2) is 3.49. The molecule has 0 spiro atoms. The molecule has 2 N–H and O–H groups in total. The van der Waals surface area contributed by atoms with Gasteiger partial charge in [0, 0.05) is 5.92 Å². The fraction of sp³-hybridized carbons (Fsp3) is 0.222. The summed E-state index contributed by atoms with van der Waals surface area (Å²) in [6.07, 6.45) is 0. The Morgan fingerprint density at radius 2 is 1.91 bits per heavy atom. The van der Waals surface area contributed by atoms with Crippen molar-refractivity contribution in [3.8, 4) is 0 Å². The number of rotatable bonds is 2. The fourth-order valence-corrected chi connectivity index (χ4v) is 1.04. The second-order valence-electron chi connectivity index (χ2n) is 2.53. The third-order valence-corrected chi connectivity index (χ3v) is 2.08. The Hall–Kier alpha value is -0.890. The van der Waals surface area contributed by atoms with Crippen LogP contribution in [0, 0.1) is 0 Å². The number of thiocarbonyl (C=S) groups is 1. The van der Waals surface area contributed by atoms with Crippen molar-refractivity contribution in [2.75, 3.05) is 0 Å². The first-order chi connectivity index (χ1) is 5.22. The van der Waals surface area contributed by atoms with Crippen LogP contribution in [-0.2, 0) is 0 Å². The van der Waals surface area contributed by atoms with E-state index in [2.05, 4.69) is 0 Å². The quantitative estimate of drug-likeness (QED) is 0.679. The highest BCUT2D eigenvalue weighted by atomic mass is 32.1. The molecule has 1 aromatic carbocycles. The number of nitrogens with two attached hydrogens (primary N) is 1. The molecule has 1 rings (SSSR count). The standard InChI is InChI=1S/C9H11NS/c1-7(9(10)11)8-5-3-2-4-6-8/h2-7H,1H3,(H2,10,11). The Labute approximate surface area is 72.2 Å². The summed E-state index contributed by atoms with van der Waals surface area (Å²) in [7, 11) is 0. The first-order valence-corrected chi connectivity index (χ1v) is 3.97. The average molecular weight is 165 g/mol. The average Bonchev–Trinajstić information content (AvgIpc) is 2.05.